The average Bonchev–Trinajstić information content (AvgIpc) is 2.43. The molecule has 0 bridgehead atoms. The van der Waals surface area contributed by atoms with Crippen LogP contribution < -0.4 is 11.0 Å². The molecular formula is C13H11N3O5. The fourth-order valence-corrected chi connectivity index (χ4v) is 1.62. The summed E-state index contributed by atoms with van der Waals surface area (Å²) in [6.07, 6.45) is 2.70. The van der Waals surface area contributed by atoms with Gasteiger partial charge in [0, 0.05) is 12.4 Å². The zero-order valence-electron chi connectivity index (χ0n) is 10.7. The second kappa shape index (κ2) is 5.87. The van der Waals surface area contributed by atoms with Gasteiger partial charge >= 0.3 is 11.7 Å². The maximum atomic E-state index is 11.8. The first-order chi connectivity index (χ1) is 9.97. The molecule has 0 spiro atoms. The lowest BCUT2D eigenvalue weighted by Crippen LogP contribution is -2.28. The molecule has 0 aliphatic heterocycles. The maximum absolute atomic E-state index is 11.8. The molecular weight excluding hydrogens is 278 g/mol. The Balaban J connectivity index is 2.16. The number of carbonyl (C=O) groups is 2. The van der Waals surface area contributed by atoms with Crippen LogP contribution in [0.5, 0.6) is 5.75 Å². The molecule has 108 valence electrons. The number of carboxylic acid groups (broad SMARTS) is 1. The Hall–Kier alpha value is -3.16. The molecule has 0 aliphatic carbocycles. The first-order valence-corrected chi connectivity index (χ1v) is 5.85. The highest BCUT2D eigenvalue weighted by molar-refractivity contribution is 5.95. The number of aromatic carboxylic acids is 1. The second-order valence-electron chi connectivity index (χ2n) is 4.12. The number of aromatic nitrogens is 2. The first kappa shape index (κ1) is 14.3. The van der Waals surface area contributed by atoms with E-state index in [0.29, 0.717) is 0 Å². The number of carbonyl (C=O) groups excluding carboxylic acids is 1. The highest BCUT2D eigenvalue weighted by atomic mass is 16.4. The van der Waals surface area contributed by atoms with Crippen molar-refractivity contribution in [1.29, 1.82) is 0 Å². The minimum Gasteiger partial charge on any atom is -0.506 e. The van der Waals surface area contributed by atoms with Crippen LogP contribution in [0.4, 0.5) is 5.69 Å². The Morgan fingerprint density at radius 2 is 2.10 bits per heavy atom. The van der Waals surface area contributed by atoms with Gasteiger partial charge in [0.1, 0.15) is 12.3 Å². The van der Waals surface area contributed by atoms with Crippen molar-refractivity contribution < 1.29 is 19.8 Å². The standard InChI is InChI=1S/C13H11N3O5/c17-10-3-2-8(12(19)20)6-9(10)15-11(18)7-16-5-1-4-14-13(16)21/h1-6,17H,7H2,(H,15,18)(H,19,20). The van der Waals surface area contributed by atoms with E-state index in [1.165, 1.54) is 24.5 Å². The van der Waals surface area contributed by atoms with Crippen molar-refractivity contribution in [3.8, 4) is 5.75 Å². The Labute approximate surface area is 118 Å². The van der Waals surface area contributed by atoms with Gasteiger partial charge < -0.3 is 15.5 Å². The molecule has 1 amide bonds. The van der Waals surface area contributed by atoms with Gasteiger partial charge in [-0.2, -0.15) is 0 Å². The van der Waals surface area contributed by atoms with Crippen LogP contribution >= 0.6 is 0 Å². The molecule has 1 heterocycles. The molecule has 0 saturated carbocycles. The van der Waals surface area contributed by atoms with Gasteiger partial charge in [0.25, 0.3) is 0 Å². The van der Waals surface area contributed by atoms with Gasteiger partial charge in [-0.05, 0) is 24.3 Å². The summed E-state index contributed by atoms with van der Waals surface area (Å²) in [5, 5.41) is 20.8. The molecule has 2 aromatic rings. The van der Waals surface area contributed by atoms with Gasteiger partial charge in [-0.15, -0.1) is 0 Å². The van der Waals surface area contributed by atoms with Gasteiger partial charge in [0.05, 0.1) is 11.3 Å². The third-order valence-corrected chi connectivity index (χ3v) is 2.61. The number of phenols is 1. The lowest BCUT2D eigenvalue weighted by Gasteiger charge is -2.09. The summed E-state index contributed by atoms with van der Waals surface area (Å²) in [5.41, 5.74) is -0.713. The number of carboxylic acids is 1. The predicted molar refractivity (Wildman–Crippen MR) is 72.2 cm³/mol. The smallest absolute Gasteiger partial charge is 0.347 e. The number of hydrogen-bond acceptors (Lipinski definition) is 5. The molecule has 0 saturated heterocycles. The van der Waals surface area contributed by atoms with Crippen LogP contribution in [0.2, 0.25) is 0 Å². The monoisotopic (exact) mass is 289 g/mol. The predicted octanol–water partition coefficient (Wildman–Crippen LogP) is 0.286. The van der Waals surface area contributed by atoms with E-state index in [9.17, 15) is 19.5 Å². The van der Waals surface area contributed by atoms with Crippen LogP contribution in [0, 0.1) is 0 Å². The van der Waals surface area contributed by atoms with Crippen LogP contribution in [0.3, 0.4) is 0 Å². The highest BCUT2D eigenvalue weighted by Gasteiger charge is 2.11. The minimum atomic E-state index is -1.19. The Morgan fingerprint density at radius 3 is 2.76 bits per heavy atom. The summed E-state index contributed by atoms with van der Waals surface area (Å²) < 4.78 is 1.08. The summed E-state index contributed by atoms with van der Waals surface area (Å²) in [6, 6.07) is 4.99. The van der Waals surface area contributed by atoms with Crippen molar-refractivity contribution >= 4 is 17.6 Å². The molecule has 1 aromatic carbocycles. The maximum Gasteiger partial charge on any atom is 0.347 e. The van der Waals surface area contributed by atoms with E-state index in [2.05, 4.69) is 10.3 Å². The van der Waals surface area contributed by atoms with E-state index in [1.807, 2.05) is 0 Å². The van der Waals surface area contributed by atoms with Crippen LogP contribution in [-0.2, 0) is 11.3 Å². The number of amides is 1. The number of anilines is 1. The van der Waals surface area contributed by atoms with Crippen molar-refractivity contribution in [3.05, 3.63) is 52.7 Å². The number of hydrogen-bond donors (Lipinski definition) is 3. The molecule has 21 heavy (non-hydrogen) atoms. The quantitative estimate of drug-likeness (QED) is 0.695. The van der Waals surface area contributed by atoms with Crippen molar-refractivity contribution in [2.75, 3.05) is 5.32 Å². The minimum absolute atomic E-state index is 0.0446. The second-order valence-corrected chi connectivity index (χ2v) is 4.12. The Morgan fingerprint density at radius 1 is 1.33 bits per heavy atom. The van der Waals surface area contributed by atoms with Gasteiger partial charge in [-0.3, -0.25) is 9.36 Å². The molecule has 0 fully saturated rings. The number of nitrogens with zero attached hydrogens (tertiary/aromatic N) is 2. The zero-order valence-corrected chi connectivity index (χ0v) is 10.7. The van der Waals surface area contributed by atoms with Crippen LogP contribution in [0.25, 0.3) is 0 Å². The van der Waals surface area contributed by atoms with Crippen molar-refractivity contribution in [2.24, 2.45) is 0 Å². The van der Waals surface area contributed by atoms with Crippen LogP contribution in [0.1, 0.15) is 10.4 Å². The summed E-state index contributed by atoms with van der Waals surface area (Å²) in [5.74, 6) is -2.05. The van der Waals surface area contributed by atoms with E-state index in [0.717, 1.165) is 16.7 Å². The fourth-order valence-electron chi connectivity index (χ4n) is 1.62. The number of benzene rings is 1. The lowest BCUT2D eigenvalue weighted by atomic mass is 10.2. The van der Waals surface area contributed by atoms with Crippen LogP contribution in [0.15, 0.2) is 41.5 Å². The summed E-state index contributed by atoms with van der Waals surface area (Å²) >= 11 is 0. The van der Waals surface area contributed by atoms with Crippen molar-refractivity contribution in [2.45, 2.75) is 6.54 Å². The zero-order chi connectivity index (χ0) is 15.4. The number of phenolic OH excluding ortho intramolecular Hbond substituents is 1. The molecule has 0 atom stereocenters. The van der Waals surface area contributed by atoms with Crippen molar-refractivity contribution in [1.82, 2.24) is 9.55 Å². The van der Waals surface area contributed by atoms with Gasteiger partial charge in [-0.1, -0.05) is 0 Å². The third kappa shape index (κ3) is 3.44. The molecule has 2 rings (SSSR count). The van der Waals surface area contributed by atoms with E-state index in [-0.39, 0.29) is 23.5 Å². The number of aromatic hydroxyl groups is 1. The van der Waals surface area contributed by atoms with E-state index in [4.69, 9.17) is 5.11 Å². The molecule has 8 heteroatoms. The molecule has 1 aromatic heterocycles. The summed E-state index contributed by atoms with van der Waals surface area (Å²) in [7, 11) is 0. The van der Waals surface area contributed by atoms with E-state index < -0.39 is 17.6 Å². The van der Waals surface area contributed by atoms with Crippen LogP contribution in [-0.4, -0.2) is 31.6 Å². The SMILES string of the molecule is O=C(Cn1cccnc1=O)Nc1cc(C(=O)O)ccc1O. The molecule has 0 unspecified atom stereocenters. The third-order valence-electron chi connectivity index (χ3n) is 2.61. The normalized spacial score (nSPS) is 10.1. The Bertz CT molecular complexity index is 753. The topological polar surface area (TPSA) is 122 Å². The van der Waals surface area contributed by atoms with Gasteiger partial charge in [-0.25, -0.2) is 14.6 Å². The van der Waals surface area contributed by atoms with Crippen molar-refractivity contribution in [3.63, 3.8) is 0 Å². The number of nitrogens with one attached hydrogen (secondary N) is 1. The van der Waals surface area contributed by atoms with Gasteiger partial charge in [0.2, 0.25) is 5.91 Å². The number of rotatable bonds is 4. The van der Waals surface area contributed by atoms with E-state index >= 15 is 0 Å². The van der Waals surface area contributed by atoms with E-state index in [1.54, 1.807) is 0 Å². The Kier molecular flexibility index (Phi) is 3.98. The molecule has 0 radical (unpaired) electrons. The largest absolute Gasteiger partial charge is 0.506 e. The first-order valence-electron chi connectivity index (χ1n) is 5.85. The molecule has 3 N–H and O–H groups in total. The summed E-state index contributed by atoms with van der Waals surface area (Å²) in [6.45, 7) is -0.302. The lowest BCUT2D eigenvalue weighted by molar-refractivity contribution is -0.116. The molecule has 8 nitrogen and oxygen atoms in total. The fraction of sp³-hybridized carbons (Fsp3) is 0.0769. The average molecular weight is 289 g/mol. The summed E-state index contributed by atoms with van der Waals surface area (Å²) in [4.78, 5) is 37.5. The molecule has 0 aliphatic rings. The van der Waals surface area contributed by atoms with Gasteiger partial charge in [0.15, 0.2) is 0 Å². The highest BCUT2D eigenvalue weighted by Crippen LogP contribution is 2.24.